The van der Waals surface area contributed by atoms with Crippen LogP contribution in [-0.2, 0) is 32.1 Å². The first-order valence-electron chi connectivity index (χ1n) is 10.8. The summed E-state index contributed by atoms with van der Waals surface area (Å²) < 4.78 is 5.38. The smallest absolute Gasteiger partial charge is 0.410 e. The first kappa shape index (κ1) is 23.8. The Balaban J connectivity index is 1.64. The molecule has 1 aliphatic rings. The molecule has 3 rings (SSSR count). The van der Waals surface area contributed by atoms with E-state index in [-0.39, 0.29) is 19.6 Å². The van der Waals surface area contributed by atoms with Crippen LogP contribution < -0.4 is 16.4 Å². The second-order valence-electron chi connectivity index (χ2n) is 7.83. The van der Waals surface area contributed by atoms with E-state index in [0.29, 0.717) is 19.4 Å². The number of rotatable bonds is 9. The molecule has 174 valence electrons. The Bertz CT molecular complexity index is 967. The van der Waals surface area contributed by atoms with Gasteiger partial charge in [-0.15, -0.1) is 0 Å². The lowest BCUT2D eigenvalue weighted by Crippen LogP contribution is -2.54. The number of amides is 4. The number of benzene rings is 2. The van der Waals surface area contributed by atoms with Crippen LogP contribution in [0.25, 0.3) is 0 Å². The fourth-order valence-corrected chi connectivity index (χ4v) is 3.68. The Kier molecular flexibility index (Phi) is 8.40. The molecule has 9 nitrogen and oxygen atoms in total. The van der Waals surface area contributed by atoms with Crippen molar-refractivity contribution < 1.29 is 23.9 Å². The molecule has 33 heavy (non-hydrogen) atoms. The number of primary amides is 1. The molecule has 0 spiro atoms. The van der Waals surface area contributed by atoms with Gasteiger partial charge in [-0.2, -0.15) is 0 Å². The zero-order valence-electron chi connectivity index (χ0n) is 18.2. The molecule has 2 aromatic rings. The van der Waals surface area contributed by atoms with Crippen LogP contribution in [0, 0.1) is 0 Å². The highest BCUT2D eigenvalue weighted by Gasteiger charge is 2.36. The summed E-state index contributed by atoms with van der Waals surface area (Å²) in [5.41, 5.74) is 6.80. The summed E-state index contributed by atoms with van der Waals surface area (Å²) >= 11 is 0. The van der Waals surface area contributed by atoms with E-state index in [4.69, 9.17) is 10.5 Å². The second kappa shape index (κ2) is 11.7. The van der Waals surface area contributed by atoms with Crippen LogP contribution in [0.1, 0.15) is 24.0 Å². The zero-order valence-corrected chi connectivity index (χ0v) is 18.2. The van der Waals surface area contributed by atoms with E-state index >= 15 is 0 Å². The van der Waals surface area contributed by atoms with Gasteiger partial charge in [0.25, 0.3) is 0 Å². The third-order valence-electron chi connectivity index (χ3n) is 5.35. The highest BCUT2D eigenvalue weighted by Crippen LogP contribution is 2.19. The number of carbonyl (C=O) groups is 4. The van der Waals surface area contributed by atoms with Gasteiger partial charge in [0.2, 0.25) is 17.7 Å². The molecule has 1 aliphatic heterocycles. The zero-order chi connectivity index (χ0) is 23.6. The lowest BCUT2D eigenvalue weighted by Gasteiger charge is -2.26. The van der Waals surface area contributed by atoms with Gasteiger partial charge in [0.05, 0.1) is 6.54 Å². The fourth-order valence-electron chi connectivity index (χ4n) is 3.68. The van der Waals surface area contributed by atoms with Crippen molar-refractivity contribution in [3.63, 3.8) is 0 Å². The molecule has 4 N–H and O–H groups in total. The number of likely N-dealkylation sites (tertiary alicyclic amines) is 1. The van der Waals surface area contributed by atoms with Gasteiger partial charge in [0.1, 0.15) is 18.7 Å². The number of ether oxygens (including phenoxy) is 1. The maximum Gasteiger partial charge on any atom is 0.410 e. The Morgan fingerprint density at radius 1 is 1.00 bits per heavy atom. The fraction of sp³-hybridized carbons (Fsp3) is 0.333. The number of nitrogens with two attached hydrogens (primary N) is 1. The molecule has 4 amide bonds. The van der Waals surface area contributed by atoms with Crippen molar-refractivity contribution in [1.82, 2.24) is 15.5 Å². The topological polar surface area (TPSA) is 131 Å². The van der Waals surface area contributed by atoms with Crippen LogP contribution in [0.4, 0.5) is 4.79 Å². The van der Waals surface area contributed by atoms with Crippen LogP contribution in [0.3, 0.4) is 0 Å². The van der Waals surface area contributed by atoms with Crippen molar-refractivity contribution in [2.75, 3.05) is 13.1 Å². The summed E-state index contributed by atoms with van der Waals surface area (Å²) in [5, 5.41) is 5.17. The van der Waals surface area contributed by atoms with Gasteiger partial charge in [0, 0.05) is 13.0 Å². The van der Waals surface area contributed by atoms with Crippen LogP contribution >= 0.6 is 0 Å². The number of hydrogen-bond donors (Lipinski definition) is 3. The summed E-state index contributed by atoms with van der Waals surface area (Å²) in [4.78, 5) is 50.7. The first-order valence-corrected chi connectivity index (χ1v) is 10.8. The van der Waals surface area contributed by atoms with E-state index in [1.807, 2.05) is 60.7 Å². The molecule has 0 radical (unpaired) electrons. The number of nitrogens with zero attached hydrogens (tertiary/aromatic N) is 1. The molecule has 1 fully saturated rings. The largest absolute Gasteiger partial charge is 0.445 e. The highest BCUT2D eigenvalue weighted by atomic mass is 16.6. The Morgan fingerprint density at radius 2 is 1.64 bits per heavy atom. The minimum atomic E-state index is -0.929. The molecule has 1 heterocycles. The van der Waals surface area contributed by atoms with E-state index < -0.39 is 35.9 Å². The summed E-state index contributed by atoms with van der Waals surface area (Å²) in [6, 6.07) is 16.8. The summed E-state index contributed by atoms with van der Waals surface area (Å²) in [7, 11) is 0. The van der Waals surface area contributed by atoms with E-state index in [2.05, 4.69) is 10.6 Å². The maximum atomic E-state index is 13.0. The van der Waals surface area contributed by atoms with Crippen molar-refractivity contribution >= 4 is 23.8 Å². The molecule has 2 atom stereocenters. The Labute approximate surface area is 192 Å². The van der Waals surface area contributed by atoms with Crippen molar-refractivity contribution in [3.05, 3.63) is 71.8 Å². The van der Waals surface area contributed by atoms with Gasteiger partial charge in [-0.1, -0.05) is 60.7 Å². The van der Waals surface area contributed by atoms with E-state index in [0.717, 1.165) is 11.1 Å². The predicted molar refractivity (Wildman–Crippen MR) is 121 cm³/mol. The Hall–Kier alpha value is -3.88. The lowest BCUT2D eigenvalue weighted by atomic mass is 10.0. The van der Waals surface area contributed by atoms with Gasteiger partial charge >= 0.3 is 6.09 Å². The molecule has 0 aliphatic carbocycles. The first-order chi connectivity index (χ1) is 15.9. The molecule has 2 aromatic carbocycles. The number of hydrogen-bond acceptors (Lipinski definition) is 5. The lowest BCUT2D eigenvalue weighted by molar-refractivity contribution is -0.131. The average molecular weight is 453 g/mol. The number of nitrogens with one attached hydrogen (secondary N) is 2. The molecule has 1 saturated heterocycles. The van der Waals surface area contributed by atoms with Crippen LogP contribution in [0.2, 0.25) is 0 Å². The monoisotopic (exact) mass is 452 g/mol. The highest BCUT2D eigenvalue weighted by molar-refractivity contribution is 5.93. The SMILES string of the molecule is NC(=O)CNC(=O)[C@H](Cc1ccccc1)NC(=O)[C@@H]1CCCN1C(=O)OCc1ccccc1. The average Bonchev–Trinajstić information content (AvgIpc) is 3.32. The molecule has 0 bridgehead atoms. The molecule has 0 aromatic heterocycles. The van der Waals surface area contributed by atoms with E-state index in [9.17, 15) is 19.2 Å². The summed E-state index contributed by atoms with van der Waals surface area (Å²) in [6.07, 6.45) is 0.764. The summed E-state index contributed by atoms with van der Waals surface area (Å²) in [6.45, 7) is 0.168. The quantitative estimate of drug-likeness (QED) is 0.525. The van der Waals surface area contributed by atoms with Crippen LogP contribution in [0.15, 0.2) is 60.7 Å². The van der Waals surface area contributed by atoms with Gasteiger partial charge in [-0.05, 0) is 24.0 Å². The second-order valence-corrected chi connectivity index (χ2v) is 7.83. The molecular weight excluding hydrogens is 424 g/mol. The van der Waals surface area contributed by atoms with Crippen molar-refractivity contribution in [1.29, 1.82) is 0 Å². The normalized spacial score (nSPS) is 16.0. The van der Waals surface area contributed by atoms with E-state index in [1.165, 1.54) is 4.90 Å². The van der Waals surface area contributed by atoms with Gasteiger partial charge in [0.15, 0.2) is 0 Å². The minimum absolute atomic E-state index is 0.108. The van der Waals surface area contributed by atoms with Crippen molar-refractivity contribution in [2.45, 2.75) is 38.0 Å². The van der Waals surface area contributed by atoms with Crippen LogP contribution in [-0.4, -0.2) is 53.9 Å². The molecule has 0 unspecified atom stereocenters. The molecule has 9 heteroatoms. The number of carbonyl (C=O) groups excluding carboxylic acids is 4. The Morgan fingerprint density at radius 3 is 2.27 bits per heavy atom. The predicted octanol–water partition coefficient (Wildman–Crippen LogP) is 1.12. The van der Waals surface area contributed by atoms with Crippen LogP contribution in [0.5, 0.6) is 0 Å². The van der Waals surface area contributed by atoms with Gasteiger partial charge in [-0.3, -0.25) is 19.3 Å². The molecule has 0 saturated carbocycles. The standard InChI is InChI=1S/C24H28N4O5/c25-21(29)15-26-22(30)19(14-17-8-3-1-4-9-17)27-23(31)20-12-7-13-28(20)24(32)33-16-18-10-5-2-6-11-18/h1-6,8-11,19-20H,7,12-16H2,(H2,25,29)(H,26,30)(H,27,31)/t19-,20-/m0/s1. The third kappa shape index (κ3) is 7.06. The van der Waals surface area contributed by atoms with Gasteiger partial charge in [-0.25, -0.2) is 4.79 Å². The molecular formula is C24H28N4O5. The van der Waals surface area contributed by atoms with Crippen molar-refractivity contribution in [3.8, 4) is 0 Å². The summed E-state index contributed by atoms with van der Waals surface area (Å²) in [5.74, 6) is -1.65. The third-order valence-corrected chi connectivity index (χ3v) is 5.35. The minimum Gasteiger partial charge on any atom is -0.445 e. The van der Waals surface area contributed by atoms with Crippen molar-refractivity contribution in [2.24, 2.45) is 5.73 Å². The van der Waals surface area contributed by atoms with Gasteiger partial charge < -0.3 is 21.1 Å². The van der Waals surface area contributed by atoms with E-state index in [1.54, 1.807) is 0 Å². The maximum absolute atomic E-state index is 13.0.